The van der Waals surface area contributed by atoms with Crippen molar-refractivity contribution in [3.8, 4) is 10.6 Å². The van der Waals surface area contributed by atoms with Crippen molar-refractivity contribution >= 4 is 28.3 Å². The van der Waals surface area contributed by atoms with Gasteiger partial charge in [0.05, 0.1) is 6.42 Å². The summed E-state index contributed by atoms with van der Waals surface area (Å²) in [5.74, 6) is -0.885. The third-order valence-corrected chi connectivity index (χ3v) is 4.65. The fraction of sp³-hybridized carbons (Fsp3) is 0.158. The molecule has 0 fully saturated rings. The number of hydrogen-bond acceptors (Lipinski definition) is 6. The molecule has 2 amide bonds. The number of anilines is 1. The van der Waals surface area contributed by atoms with Crippen molar-refractivity contribution in [1.29, 1.82) is 0 Å². The molecule has 0 saturated heterocycles. The minimum Gasteiger partial charge on any atom is -0.332 e. The van der Waals surface area contributed by atoms with E-state index in [0.29, 0.717) is 10.1 Å². The van der Waals surface area contributed by atoms with Gasteiger partial charge in [0.1, 0.15) is 5.01 Å². The number of nitrogens with one attached hydrogen (secondary N) is 2. The van der Waals surface area contributed by atoms with Gasteiger partial charge in [-0.25, -0.2) is 0 Å². The van der Waals surface area contributed by atoms with E-state index in [-0.39, 0.29) is 12.3 Å². The fourth-order valence-electron chi connectivity index (χ4n) is 2.34. The summed E-state index contributed by atoms with van der Waals surface area (Å²) < 4.78 is 0. The second kappa shape index (κ2) is 8.52. The summed E-state index contributed by atoms with van der Waals surface area (Å²) in [5.41, 5.74) is 8.67. The number of carbonyl (C=O) groups excluding carboxylic acids is 2. The van der Waals surface area contributed by atoms with Crippen LogP contribution >= 0.6 is 11.3 Å². The van der Waals surface area contributed by atoms with Gasteiger partial charge in [0.2, 0.25) is 11.0 Å². The van der Waals surface area contributed by atoms with Crippen LogP contribution in [0.4, 0.5) is 5.13 Å². The Morgan fingerprint density at radius 2 is 1.78 bits per heavy atom. The highest BCUT2D eigenvalue weighted by Crippen LogP contribution is 2.26. The van der Waals surface area contributed by atoms with E-state index in [4.69, 9.17) is 5.73 Å². The molecule has 3 rings (SSSR count). The number of nitrogens with two attached hydrogens (primary N) is 1. The number of aromatic nitrogens is 2. The quantitative estimate of drug-likeness (QED) is 0.567. The van der Waals surface area contributed by atoms with Crippen LogP contribution in [0.5, 0.6) is 0 Å². The molecule has 3 aromatic rings. The number of hydrogen-bond donors (Lipinski definition) is 3. The van der Waals surface area contributed by atoms with E-state index in [9.17, 15) is 9.59 Å². The smallest absolute Gasteiger partial charge is 0.263 e. The molecule has 2 aromatic carbocycles. The molecule has 0 spiro atoms. The van der Waals surface area contributed by atoms with Gasteiger partial charge in [0.25, 0.3) is 5.91 Å². The van der Waals surface area contributed by atoms with Crippen molar-refractivity contribution in [2.45, 2.75) is 19.5 Å². The van der Waals surface area contributed by atoms with E-state index in [1.807, 2.05) is 61.5 Å². The fourth-order valence-corrected chi connectivity index (χ4v) is 3.09. The van der Waals surface area contributed by atoms with Gasteiger partial charge in [-0.15, -0.1) is 10.2 Å². The molecule has 0 radical (unpaired) electrons. The van der Waals surface area contributed by atoms with Gasteiger partial charge in [-0.1, -0.05) is 71.5 Å². The number of rotatable bonds is 6. The van der Waals surface area contributed by atoms with Crippen molar-refractivity contribution in [2.24, 2.45) is 5.73 Å². The lowest BCUT2D eigenvalue weighted by Crippen LogP contribution is -2.50. The summed E-state index contributed by atoms with van der Waals surface area (Å²) in [6, 6.07) is 17.1. The number of carbonyl (C=O) groups is 2. The van der Waals surface area contributed by atoms with Crippen molar-refractivity contribution in [1.82, 2.24) is 15.5 Å². The Hall–Kier alpha value is -3.10. The van der Waals surface area contributed by atoms with Gasteiger partial charge in [-0.3, -0.25) is 14.9 Å². The Kier molecular flexibility index (Phi) is 5.90. The molecule has 8 heteroatoms. The summed E-state index contributed by atoms with van der Waals surface area (Å²) >= 11 is 1.24. The molecule has 0 bridgehead atoms. The molecule has 1 unspecified atom stereocenters. The van der Waals surface area contributed by atoms with E-state index < -0.39 is 12.1 Å². The minimum atomic E-state index is -1.17. The Morgan fingerprint density at radius 3 is 2.48 bits per heavy atom. The highest BCUT2D eigenvalue weighted by molar-refractivity contribution is 7.18. The zero-order valence-electron chi connectivity index (χ0n) is 14.7. The Bertz CT molecular complexity index is 925. The Labute approximate surface area is 160 Å². The highest BCUT2D eigenvalue weighted by Gasteiger charge is 2.18. The molecular formula is C19H19N5O2S. The maximum Gasteiger partial charge on any atom is 0.263 e. The van der Waals surface area contributed by atoms with Gasteiger partial charge in [-0.05, 0) is 12.5 Å². The van der Waals surface area contributed by atoms with Crippen molar-refractivity contribution in [3.05, 3.63) is 65.7 Å². The molecule has 1 heterocycles. The summed E-state index contributed by atoms with van der Waals surface area (Å²) in [4.78, 5) is 24.2. The van der Waals surface area contributed by atoms with Crippen LogP contribution in [0.25, 0.3) is 10.6 Å². The molecule has 0 aliphatic rings. The normalized spacial score (nSPS) is 11.6. The molecule has 1 aromatic heterocycles. The summed E-state index contributed by atoms with van der Waals surface area (Å²) in [5, 5.41) is 14.1. The van der Waals surface area contributed by atoms with Crippen LogP contribution in [0.15, 0.2) is 54.6 Å². The van der Waals surface area contributed by atoms with Crippen LogP contribution in [0.2, 0.25) is 0 Å². The van der Waals surface area contributed by atoms with Gasteiger partial charge in [-0.2, -0.15) is 0 Å². The number of amides is 2. The first-order chi connectivity index (χ1) is 13.0. The van der Waals surface area contributed by atoms with Gasteiger partial charge >= 0.3 is 0 Å². The summed E-state index contributed by atoms with van der Waals surface area (Å²) in [6.07, 6.45) is -1.02. The minimum absolute atomic E-state index is 0.151. The van der Waals surface area contributed by atoms with Crippen LogP contribution in [0.1, 0.15) is 11.1 Å². The third-order valence-electron chi connectivity index (χ3n) is 3.76. The largest absolute Gasteiger partial charge is 0.332 e. The predicted molar refractivity (Wildman–Crippen MR) is 105 cm³/mol. The molecule has 0 aliphatic heterocycles. The van der Waals surface area contributed by atoms with Crippen molar-refractivity contribution in [2.75, 3.05) is 5.32 Å². The first kappa shape index (κ1) is 18.7. The van der Waals surface area contributed by atoms with Gasteiger partial charge in [0.15, 0.2) is 6.17 Å². The monoisotopic (exact) mass is 381 g/mol. The van der Waals surface area contributed by atoms with Crippen molar-refractivity contribution in [3.63, 3.8) is 0 Å². The molecule has 138 valence electrons. The Balaban J connectivity index is 1.55. The van der Waals surface area contributed by atoms with E-state index in [0.717, 1.165) is 16.7 Å². The molecular weight excluding hydrogens is 362 g/mol. The van der Waals surface area contributed by atoms with Crippen LogP contribution in [0, 0.1) is 6.92 Å². The Morgan fingerprint density at radius 1 is 1.07 bits per heavy atom. The second-order valence-electron chi connectivity index (χ2n) is 5.98. The first-order valence-electron chi connectivity index (χ1n) is 8.31. The molecule has 7 nitrogen and oxygen atoms in total. The molecule has 0 aliphatic carbocycles. The molecule has 27 heavy (non-hydrogen) atoms. The maximum absolute atomic E-state index is 12.2. The maximum atomic E-state index is 12.2. The van der Waals surface area contributed by atoms with Crippen molar-refractivity contribution < 1.29 is 9.59 Å². The van der Waals surface area contributed by atoms with E-state index >= 15 is 0 Å². The van der Waals surface area contributed by atoms with Gasteiger partial charge < -0.3 is 11.1 Å². The zero-order valence-corrected chi connectivity index (χ0v) is 15.5. The van der Waals surface area contributed by atoms with Crippen LogP contribution in [-0.4, -0.2) is 28.2 Å². The van der Waals surface area contributed by atoms with Crippen LogP contribution < -0.4 is 16.4 Å². The first-order valence-corrected chi connectivity index (χ1v) is 9.13. The molecule has 4 N–H and O–H groups in total. The SMILES string of the molecule is Cc1ccc(-c2nnc(NC(=O)C(N)NC(=O)Cc3ccccc3)s2)cc1. The predicted octanol–water partition coefficient (Wildman–Crippen LogP) is 2.10. The average Bonchev–Trinajstić information content (AvgIpc) is 3.11. The van der Waals surface area contributed by atoms with Crippen LogP contribution in [-0.2, 0) is 16.0 Å². The lowest BCUT2D eigenvalue weighted by atomic mass is 10.1. The van der Waals surface area contributed by atoms with E-state index in [2.05, 4.69) is 20.8 Å². The zero-order chi connectivity index (χ0) is 19.2. The summed E-state index contributed by atoms with van der Waals surface area (Å²) in [6.45, 7) is 2.00. The lowest BCUT2D eigenvalue weighted by Gasteiger charge is -2.12. The standard InChI is InChI=1S/C19H19N5O2S/c1-12-7-9-14(10-8-12)18-23-24-19(27-18)22-17(26)16(20)21-15(25)11-13-5-3-2-4-6-13/h2-10,16H,11,20H2,1H3,(H,21,25)(H,22,24,26). The molecule has 0 saturated carbocycles. The number of aryl methyl sites for hydroxylation is 1. The van der Waals surface area contributed by atoms with E-state index in [1.165, 1.54) is 11.3 Å². The lowest BCUT2D eigenvalue weighted by molar-refractivity contribution is -0.126. The summed E-state index contributed by atoms with van der Waals surface area (Å²) in [7, 11) is 0. The second-order valence-corrected chi connectivity index (χ2v) is 6.95. The third kappa shape index (κ3) is 5.19. The van der Waals surface area contributed by atoms with Gasteiger partial charge in [0, 0.05) is 5.56 Å². The number of benzene rings is 2. The molecule has 1 atom stereocenters. The topological polar surface area (TPSA) is 110 Å². The average molecular weight is 381 g/mol. The van der Waals surface area contributed by atoms with Crippen LogP contribution in [0.3, 0.4) is 0 Å². The highest BCUT2D eigenvalue weighted by atomic mass is 32.1. The number of nitrogens with zero attached hydrogens (tertiary/aromatic N) is 2. The van der Waals surface area contributed by atoms with E-state index in [1.54, 1.807) is 0 Å².